The molecule has 3 N–H and O–H groups in total. The van der Waals surface area contributed by atoms with Gasteiger partial charge in [-0.3, -0.25) is 9.59 Å². The molecule has 7 nitrogen and oxygen atoms in total. The second-order valence-electron chi connectivity index (χ2n) is 9.16. The van der Waals surface area contributed by atoms with Crippen molar-refractivity contribution in [3.05, 3.63) is 59.7 Å². The van der Waals surface area contributed by atoms with E-state index in [-0.39, 0.29) is 30.9 Å². The Kier molecular flexibility index (Phi) is 7.63. The highest BCUT2D eigenvalue weighted by Crippen LogP contribution is 2.44. The maximum atomic E-state index is 13.6. The Balaban J connectivity index is 1.30. The van der Waals surface area contributed by atoms with Crippen LogP contribution in [0.3, 0.4) is 0 Å². The fourth-order valence-corrected chi connectivity index (χ4v) is 5.12. The average Bonchev–Trinajstić information content (AvgIpc) is 3.38. The third kappa shape index (κ3) is 5.96. The lowest BCUT2D eigenvalue weighted by Gasteiger charge is -2.20. The minimum Gasteiger partial charge on any atom is -0.481 e. The molecular weight excluding hydrogens is 458 g/mol. The molecule has 2 amide bonds. The van der Waals surface area contributed by atoms with Gasteiger partial charge in [-0.15, -0.1) is 0 Å². The van der Waals surface area contributed by atoms with E-state index < -0.39 is 36.9 Å². The number of halogens is 2. The van der Waals surface area contributed by atoms with E-state index >= 15 is 0 Å². The molecule has 35 heavy (non-hydrogen) atoms. The lowest BCUT2D eigenvalue weighted by Crippen LogP contribution is -2.45. The molecule has 0 aliphatic heterocycles. The van der Waals surface area contributed by atoms with Gasteiger partial charge in [0.2, 0.25) is 5.91 Å². The minimum atomic E-state index is -2.95. The largest absolute Gasteiger partial charge is 0.481 e. The first-order valence-electron chi connectivity index (χ1n) is 11.7. The molecule has 3 atom stereocenters. The Bertz CT molecular complexity index is 1050. The molecular formula is C26H28F2N2O5. The predicted molar refractivity (Wildman–Crippen MR) is 124 cm³/mol. The fourth-order valence-electron chi connectivity index (χ4n) is 5.12. The molecule has 2 aliphatic carbocycles. The van der Waals surface area contributed by atoms with Crippen LogP contribution in [0.25, 0.3) is 11.1 Å². The van der Waals surface area contributed by atoms with Gasteiger partial charge in [0, 0.05) is 18.4 Å². The molecule has 1 fully saturated rings. The Morgan fingerprint density at radius 2 is 1.63 bits per heavy atom. The van der Waals surface area contributed by atoms with E-state index in [0.717, 1.165) is 22.3 Å². The number of carbonyl (C=O) groups is 3. The Labute approximate surface area is 201 Å². The summed E-state index contributed by atoms with van der Waals surface area (Å²) in [5.41, 5.74) is 4.11. The van der Waals surface area contributed by atoms with Crippen LogP contribution >= 0.6 is 0 Å². The molecule has 0 bridgehead atoms. The zero-order chi connectivity index (χ0) is 24.9. The first-order chi connectivity index (χ1) is 16.8. The van der Waals surface area contributed by atoms with E-state index in [2.05, 4.69) is 10.6 Å². The molecule has 2 aromatic rings. The van der Waals surface area contributed by atoms with Crippen LogP contribution in [0.5, 0.6) is 0 Å². The van der Waals surface area contributed by atoms with Gasteiger partial charge >= 0.3 is 12.1 Å². The van der Waals surface area contributed by atoms with Crippen molar-refractivity contribution in [1.29, 1.82) is 0 Å². The van der Waals surface area contributed by atoms with Gasteiger partial charge in [0.1, 0.15) is 12.6 Å². The monoisotopic (exact) mass is 486 g/mol. The van der Waals surface area contributed by atoms with Gasteiger partial charge in [-0.2, -0.15) is 0 Å². The summed E-state index contributed by atoms with van der Waals surface area (Å²) in [4.78, 5) is 35.5. The highest BCUT2D eigenvalue weighted by molar-refractivity contribution is 5.80. The number of hydrogen-bond donors (Lipinski definition) is 3. The zero-order valence-electron chi connectivity index (χ0n) is 19.1. The summed E-state index contributed by atoms with van der Waals surface area (Å²) in [5, 5.41) is 13.7. The summed E-state index contributed by atoms with van der Waals surface area (Å²) in [6.07, 6.45) is -2.78. The van der Waals surface area contributed by atoms with Crippen LogP contribution in [0.4, 0.5) is 13.6 Å². The van der Waals surface area contributed by atoms with Crippen molar-refractivity contribution in [2.24, 2.45) is 5.92 Å². The average molecular weight is 487 g/mol. The second kappa shape index (κ2) is 10.8. The number of rotatable bonds is 9. The third-order valence-electron chi connectivity index (χ3n) is 6.73. The molecule has 2 aromatic carbocycles. The molecule has 0 spiro atoms. The van der Waals surface area contributed by atoms with Gasteiger partial charge in [-0.1, -0.05) is 48.5 Å². The Morgan fingerprint density at radius 1 is 1.00 bits per heavy atom. The summed E-state index contributed by atoms with van der Waals surface area (Å²) in [5.74, 6) is -1.76. The van der Waals surface area contributed by atoms with E-state index in [0.29, 0.717) is 19.3 Å². The summed E-state index contributed by atoms with van der Waals surface area (Å²) in [6.45, 7) is -0.0188. The van der Waals surface area contributed by atoms with Crippen molar-refractivity contribution in [3.63, 3.8) is 0 Å². The minimum absolute atomic E-state index is 0.0188. The number of fused-ring (bicyclic) bond motifs is 3. The van der Waals surface area contributed by atoms with Crippen molar-refractivity contribution in [2.75, 3.05) is 6.61 Å². The number of aliphatic carboxylic acids is 1. The fraction of sp³-hybridized carbons (Fsp3) is 0.423. The number of nitrogens with one attached hydrogen (secondary N) is 2. The highest BCUT2D eigenvalue weighted by atomic mass is 19.3. The summed E-state index contributed by atoms with van der Waals surface area (Å²) in [7, 11) is 0. The normalized spacial score (nSPS) is 19.6. The molecule has 186 valence electrons. The van der Waals surface area contributed by atoms with Crippen molar-refractivity contribution in [1.82, 2.24) is 10.6 Å². The molecule has 1 saturated carbocycles. The maximum Gasteiger partial charge on any atom is 0.407 e. The molecule has 4 rings (SSSR count). The second-order valence-corrected chi connectivity index (χ2v) is 9.16. The first kappa shape index (κ1) is 24.6. The van der Waals surface area contributed by atoms with Crippen LogP contribution in [0, 0.1) is 5.92 Å². The Hall–Kier alpha value is -3.49. The number of carboxylic acids is 1. The van der Waals surface area contributed by atoms with Crippen LogP contribution in [0.15, 0.2) is 48.5 Å². The van der Waals surface area contributed by atoms with Crippen LogP contribution in [-0.4, -0.2) is 48.2 Å². The smallest absolute Gasteiger partial charge is 0.407 e. The summed E-state index contributed by atoms with van der Waals surface area (Å²) >= 11 is 0. The third-order valence-corrected chi connectivity index (χ3v) is 6.73. The molecule has 2 aliphatic rings. The number of hydrogen-bond acceptors (Lipinski definition) is 4. The lowest BCUT2D eigenvalue weighted by molar-refractivity contribution is -0.138. The molecule has 0 saturated heterocycles. The van der Waals surface area contributed by atoms with Crippen molar-refractivity contribution < 1.29 is 33.0 Å². The first-order valence-corrected chi connectivity index (χ1v) is 11.7. The maximum absolute atomic E-state index is 13.6. The van der Waals surface area contributed by atoms with E-state index in [1.807, 2.05) is 48.5 Å². The molecule has 0 heterocycles. The SMILES string of the molecule is O=C(O)C[C@@H]1CC[C@H](NC(=O)CC(NC(=O)OCC2c3ccccc3-c3ccccc32)C(F)F)C1. The molecule has 1 unspecified atom stereocenters. The van der Waals surface area contributed by atoms with E-state index in [9.17, 15) is 23.2 Å². The van der Waals surface area contributed by atoms with Gasteiger partial charge in [-0.05, 0) is 47.4 Å². The standard InChI is InChI=1S/C26H28F2N2O5/c27-25(28)22(13-23(31)29-16-10-9-15(11-16)12-24(32)33)30-26(34)35-14-21-19-7-3-1-5-17(19)18-6-2-4-8-20(18)21/h1-8,15-16,21-22,25H,9-14H2,(H,29,31)(H,30,34)(H,32,33)/t15-,16+,22?/m1/s1. The van der Waals surface area contributed by atoms with Crippen LogP contribution in [0.2, 0.25) is 0 Å². The van der Waals surface area contributed by atoms with Gasteiger partial charge < -0.3 is 20.5 Å². The van der Waals surface area contributed by atoms with Crippen LogP contribution in [0.1, 0.15) is 49.1 Å². The highest BCUT2D eigenvalue weighted by Gasteiger charge is 2.32. The quantitative estimate of drug-likeness (QED) is 0.490. The summed E-state index contributed by atoms with van der Waals surface area (Å²) < 4.78 is 32.4. The lowest BCUT2D eigenvalue weighted by atomic mass is 9.98. The number of carbonyl (C=O) groups excluding carboxylic acids is 2. The van der Waals surface area contributed by atoms with Crippen molar-refractivity contribution in [3.8, 4) is 11.1 Å². The van der Waals surface area contributed by atoms with E-state index in [4.69, 9.17) is 9.84 Å². The molecule has 0 aromatic heterocycles. The number of benzene rings is 2. The topological polar surface area (TPSA) is 105 Å². The molecule has 9 heteroatoms. The molecule has 0 radical (unpaired) electrons. The van der Waals surface area contributed by atoms with Crippen LogP contribution < -0.4 is 10.6 Å². The zero-order valence-corrected chi connectivity index (χ0v) is 19.1. The predicted octanol–water partition coefficient (Wildman–Crippen LogP) is 4.31. The number of amides is 2. The van der Waals surface area contributed by atoms with Gasteiger partial charge in [0.15, 0.2) is 0 Å². The van der Waals surface area contributed by atoms with Gasteiger partial charge in [0.05, 0.1) is 6.42 Å². The summed E-state index contributed by atoms with van der Waals surface area (Å²) in [6, 6.07) is 13.6. The van der Waals surface area contributed by atoms with E-state index in [1.165, 1.54) is 0 Å². The van der Waals surface area contributed by atoms with Gasteiger partial charge in [0.25, 0.3) is 6.43 Å². The van der Waals surface area contributed by atoms with Crippen molar-refractivity contribution >= 4 is 18.0 Å². The van der Waals surface area contributed by atoms with Gasteiger partial charge in [-0.25, -0.2) is 13.6 Å². The van der Waals surface area contributed by atoms with Crippen LogP contribution in [-0.2, 0) is 14.3 Å². The number of alkyl halides is 2. The number of ether oxygens (including phenoxy) is 1. The Morgan fingerprint density at radius 3 is 2.23 bits per heavy atom. The van der Waals surface area contributed by atoms with E-state index in [1.54, 1.807) is 0 Å². The number of carboxylic acid groups (broad SMARTS) is 1. The number of alkyl carbamates (subject to hydrolysis) is 1. The van der Waals surface area contributed by atoms with Crippen molar-refractivity contribution in [2.45, 2.75) is 56.5 Å².